The van der Waals surface area contributed by atoms with Crippen molar-refractivity contribution >= 4 is 11.6 Å². The maximum Gasteiger partial charge on any atom is 0.141 e. The lowest BCUT2D eigenvalue weighted by atomic mass is 10.2. The van der Waals surface area contributed by atoms with Gasteiger partial charge >= 0.3 is 0 Å². The van der Waals surface area contributed by atoms with E-state index in [1.807, 2.05) is 0 Å². The average Bonchev–Trinajstić information content (AvgIpc) is 2.73. The Bertz CT molecular complexity index is 339. The van der Waals surface area contributed by atoms with Crippen LogP contribution >= 0.6 is 11.6 Å². The Balaban J connectivity index is 1.90. The van der Waals surface area contributed by atoms with Crippen LogP contribution in [-0.2, 0) is 11.3 Å². The highest BCUT2D eigenvalue weighted by Crippen LogP contribution is 2.17. The number of halogens is 2. The molecule has 1 aromatic rings. The molecule has 2 rings (SSSR count). The lowest BCUT2D eigenvalue weighted by Gasteiger charge is -2.10. The molecule has 0 amide bonds. The standard InChI is InChI=1S/C11H13ClFNO/c12-10-5-8(1-2-11(10)13)7-15-9-3-4-14-6-9/h1-2,5,9,14H,3-4,6-7H2. The van der Waals surface area contributed by atoms with E-state index < -0.39 is 0 Å². The van der Waals surface area contributed by atoms with E-state index in [1.165, 1.54) is 6.07 Å². The fraction of sp³-hybridized carbons (Fsp3) is 0.455. The summed E-state index contributed by atoms with van der Waals surface area (Å²) in [4.78, 5) is 0. The zero-order chi connectivity index (χ0) is 10.7. The summed E-state index contributed by atoms with van der Waals surface area (Å²) in [5.41, 5.74) is 0.910. The quantitative estimate of drug-likeness (QED) is 0.859. The van der Waals surface area contributed by atoms with Gasteiger partial charge in [0.25, 0.3) is 0 Å². The highest BCUT2D eigenvalue weighted by Gasteiger charge is 2.14. The van der Waals surface area contributed by atoms with Crippen LogP contribution in [0.1, 0.15) is 12.0 Å². The average molecular weight is 230 g/mol. The number of rotatable bonds is 3. The van der Waals surface area contributed by atoms with E-state index in [-0.39, 0.29) is 16.9 Å². The first-order valence-corrected chi connectivity index (χ1v) is 5.40. The van der Waals surface area contributed by atoms with Gasteiger partial charge in [-0.05, 0) is 30.7 Å². The number of benzene rings is 1. The van der Waals surface area contributed by atoms with Crippen molar-refractivity contribution in [3.05, 3.63) is 34.6 Å². The zero-order valence-corrected chi connectivity index (χ0v) is 9.06. The third-order valence-corrected chi connectivity index (χ3v) is 2.77. The summed E-state index contributed by atoms with van der Waals surface area (Å²) in [6.45, 7) is 2.40. The Kier molecular flexibility index (Phi) is 3.57. The summed E-state index contributed by atoms with van der Waals surface area (Å²) in [7, 11) is 0. The van der Waals surface area contributed by atoms with Crippen LogP contribution in [0.25, 0.3) is 0 Å². The first-order chi connectivity index (χ1) is 7.25. The molecule has 4 heteroatoms. The van der Waals surface area contributed by atoms with E-state index in [0.29, 0.717) is 6.61 Å². The second-order valence-corrected chi connectivity index (χ2v) is 4.08. The van der Waals surface area contributed by atoms with Gasteiger partial charge in [-0.3, -0.25) is 0 Å². The van der Waals surface area contributed by atoms with Gasteiger partial charge < -0.3 is 10.1 Å². The van der Waals surface area contributed by atoms with Crippen molar-refractivity contribution in [2.45, 2.75) is 19.1 Å². The van der Waals surface area contributed by atoms with Gasteiger partial charge in [0.2, 0.25) is 0 Å². The molecular weight excluding hydrogens is 217 g/mol. The lowest BCUT2D eigenvalue weighted by Crippen LogP contribution is -2.16. The van der Waals surface area contributed by atoms with Crippen LogP contribution in [0.3, 0.4) is 0 Å². The van der Waals surface area contributed by atoms with Crippen LogP contribution in [-0.4, -0.2) is 19.2 Å². The largest absolute Gasteiger partial charge is 0.372 e. The monoisotopic (exact) mass is 229 g/mol. The molecule has 0 aliphatic carbocycles. The van der Waals surface area contributed by atoms with Crippen molar-refractivity contribution in [1.82, 2.24) is 5.32 Å². The van der Waals surface area contributed by atoms with E-state index in [0.717, 1.165) is 25.1 Å². The highest BCUT2D eigenvalue weighted by atomic mass is 35.5. The molecular formula is C11H13ClFNO. The van der Waals surface area contributed by atoms with Gasteiger partial charge in [-0.2, -0.15) is 0 Å². The minimum atomic E-state index is -0.386. The molecule has 0 bridgehead atoms. The summed E-state index contributed by atoms with van der Waals surface area (Å²) < 4.78 is 18.5. The maximum absolute atomic E-state index is 12.9. The van der Waals surface area contributed by atoms with Crippen LogP contribution in [0.5, 0.6) is 0 Å². The van der Waals surface area contributed by atoms with Gasteiger partial charge in [0, 0.05) is 6.54 Å². The first kappa shape index (κ1) is 10.9. The molecule has 1 aliphatic rings. The van der Waals surface area contributed by atoms with E-state index in [2.05, 4.69) is 5.32 Å². The predicted octanol–water partition coefficient (Wildman–Crippen LogP) is 2.36. The van der Waals surface area contributed by atoms with Crippen LogP contribution in [0.4, 0.5) is 4.39 Å². The van der Waals surface area contributed by atoms with Crippen molar-refractivity contribution in [3.8, 4) is 0 Å². The third kappa shape index (κ3) is 2.91. The number of hydrogen-bond donors (Lipinski definition) is 1. The number of hydrogen-bond acceptors (Lipinski definition) is 2. The lowest BCUT2D eigenvalue weighted by molar-refractivity contribution is 0.0542. The highest BCUT2D eigenvalue weighted by molar-refractivity contribution is 6.30. The molecule has 1 aliphatic heterocycles. The minimum absolute atomic E-state index is 0.153. The van der Waals surface area contributed by atoms with Crippen molar-refractivity contribution in [3.63, 3.8) is 0 Å². The Hall–Kier alpha value is -0.640. The van der Waals surface area contributed by atoms with Gasteiger partial charge in [-0.25, -0.2) is 4.39 Å². The predicted molar refractivity (Wildman–Crippen MR) is 57.5 cm³/mol. The number of nitrogens with one attached hydrogen (secondary N) is 1. The van der Waals surface area contributed by atoms with Gasteiger partial charge in [0.15, 0.2) is 0 Å². The fourth-order valence-electron chi connectivity index (χ4n) is 1.61. The van der Waals surface area contributed by atoms with Crippen molar-refractivity contribution in [2.75, 3.05) is 13.1 Å². The van der Waals surface area contributed by atoms with Crippen molar-refractivity contribution in [1.29, 1.82) is 0 Å². The molecule has 2 nitrogen and oxygen atoms in total. The summed E-state index contributed by atoms with van der Waals surface area (Å²) in [6, 6.07) is 4.68. The van der Waals surface area contributed by atoms with E-state index in [1.54, 1.807) is 12.1 Å². The Morgan fingerprint density at radius 1 is 1.53 bits per heavy atom. The molecule has 15 heavy (non-hydrogen) atoms. The molecule has 1 atom stereocenters. The first-order valence-electron chi connectivity index (χ1n) is 5.02. The second-order valence-electron chi connectivity index (χ2n) is 3.67. The molecule has 1 N–H and O–H groups in total. The van der Waals surface area contributed by atoms with Crippen molar-refractivity contribution in [2.24, 2.45) is 0 Å². The minimum Gasteiger partial charge on any atom is -0.372 e. The molecule has 82 valence electrons. The second kappa shape index (κ2) is 4.92. The fourth-order valence-corrected chi connectivity index (χ4v) is 1.82. The zero-order valence-electron chi connectivity index (χ0n) is 8.30. The van der Waals surface area contributed by atoms with Gasteiger partial charge in [-0.15, -0.1) is 0 Å². The normalized spacial score (nSPS) is 20.8. The molecule has 1 aromatic carbocycles. The van der Waals surface area contributed by atoms with Crippen LogP contribution in [0.2, 0.25) is 5.02 Å². The molecule has 1 unspecified atom stereocenters. The van der Waals surface area contributed by atoms with E-state index in [9.17, 15) is 4.39 Å². The molecule has 1 saturated heterocycles. The summed E-state index contributed by atoms with van der Waals surface area (Å²) in [5, 5.41) is 3.37. The van der Waals surface area contributed by atoms with Gasteiger partial charge in [0.1, 0.15) is 5.82 Å². The SMILES string of the molecule is Fc1ccc(COC2CCNC2)cc1Cl. The van der Waals surface area contributed by atoms with Crippen LogP contribution < -0.4 is 5.32 Å². The summed E-state index contributed by atoms with van der Waals surface area (Å²) in [6.07, 6.45) is 1.31. The molecule has 0 aromatic heterocycles. The van der Waals surface area contributed by atoms with E-state index >= 15 is 0 Å². The topological polar surface area (TPSA) is 21.3 Å². The molecule has 1 fully saturated rings. The summed E-state index contributed by atoms with van der Waals surface area (Å²) in [5.74, 6) is -0.386. The molecule has 0 spiro atoms. The summed E-state index contributed by atoms with van der Waals surface area (Å²) >= 11 is 5.67. The Morgan fingerprint density at radius 2 is 2.40 bits per heavy atom. The Labute approximate surface area is 93.4 Å². The van der Waals surface area contributed by atoms with E-state index in [4.69, 9.17) is 16.3 Å². The number of ether oxygens (including phenoxy) is 1. The molecule has 1 heterocycles. The molecule has 0 saturated carbocycles. The van der Waals surface area contributed by atoms with Gasteiger partial charge in [-0.1, -0.05) is 17.7 Å². The van der Waals surface area contributed by atoms with Crippen molar-refractivity contribution < 1.29 is 9.13 Å². The Morgan fingerprint density at radius 3 is 3.07 bits per heavy atom. The molecule has 0 radical (unpaired) electrons. The van der Waals surface area contributed by atoms with Crippen LogP contribution in [0, 0.1) is 5.82 Å². The van der Waals surface area contributed by atoms with Crippen LogP contribution in [0.15, 0.2) is 18.2 Å². The maximum atomic E-state index is 12.9. The van der Waals surface area contributed by atoms with Gasteiger partial charge in [0.05, 0.1) is 17.7 Å². The third-order valence-electron chi connectivity index (χ3n) is 2.48. The smallest absolute Gasteiger partial charge is 0.141 e.